The van der Waals surface area contributed by atoms with Gasteiger partial charge >= 0.3 is 0 Å². The van der Waals surface area contributed by atoms with Crippen molar-refractivity contribution in [3.63, 3.8) is 0 Å². The van der Waals surface area contributed by atoms with Crippen LogP contribution in [0.5, 0.6) is 11.5 Å². The molecule has 0 fully saturated rings. The van der Waals surface area contributed by atoms with E-state index in [4.69, 9.17) is 9.47 Å². The Morgan fingerprint density at radius 1 is 0.927 bits per heavy atom. The summed E-state index contributed by atoms with van der Waals surface area (Å²) in [6.07, 6.45) is 1.56. The van der Waals surface area contributed by atoms with E-state index in [2.05, 4.69) is 21.1 Å². The van der Waals surface area contributed by atoms with Crippen molar-refractivity contribution < 1.29 is 17.9 Å². The Labute approximate surface area is 240 Å². The molecule has 0 radical (unpaired) electrons. The molecular weight excluding hydrogens is 540 g/mol. The molecule has 214 valence electrons. The van der Waals surface area contributed by atoms with Crippen LogP contribution in [-0.2, 0) is 23.6 Å². The van der Waals surface area contributed by atoms with Gasteiger partial charge in [0.2, 0.25) is 10.0 Å². The molecule has 0 amide bonds. The average molecular weight is 575 g/mol. The van der Waals surface area contributed by atoms with Gasteiger partial charge in [-0.1, -0.05) is 24.8 Å². The molecule has 0 aliphatic carbocycles. The highest BCUT2D eigenvalue weighted by atomic mass is 32.2. The number of rotatable bonds is 8. The van der Waals surface area contributed by atoms with Gasteiger partial charge in [0.1, 0.15) is 11.5 Å². The number of methoxy groups -OCH3 is 2. The Kier molecular flexibility index (Phi) is 7.54. The van der Waals surface area contributed by atoms with Crippen molar-refractivity contribution in [3.8, 4) is 11.5 Å². The minimum Gasteiger partial charge on any atom is -0.497 e. The summed E-state index contributed by atoms with van der Waals surface area (Å²) < 4.78 is 42.5. The predicted molar refractivity (Wildman–Crippen MR) is 164 cm³/mol. The summed E-state index contributed by atoms with van der Waals surface area (Å²) in [5.41, 5.74) is 5.01. The molecule has 0 unspecified atom stereocenters. The number of pyridine rings is 1. The van der Waals surface area contributed by atoms with Crippen LogP contribution in [0.25, 0.3) is 17.0 Å². The third kappa shape index (κ3) is 5.16. The Morgan fingerprint density at radius 2 is 1.63 bits per heavy atom. The predicted octanol–water partition coefficient (Wildman–Crippen LogP) is 4.57. The number of hydrogen-bond acceptors (Lipinski definition) is 7. The summed E-state index contributed by atoms with van der Waals surface area (Å²) in [7, 11) is 2.98. The number of benzene rings is 3. The van der Waals surface area contributed by atoms with Crippen molar-refractivity contribution in [2.45, 2.75) is 18.4 Å². The highest BCUT2D eigenvalue weighted by Gasteiger charge is 2.28. The zero-order valence-corrected chi connectivity index (χ0v) is 24.7. The monoisotopic (exact) mass is 574 g/mol. The van der Waals surface area contributed by atoms with E-state index in [1.54, 1.807) is 57.0 Å². The van der Waals surface area contributed by atoms with E-state index in [1.165, 1.54) is 0 Å². The van der Waals surface area contributed by atoms with Crippen LogP contribution < -0.4 is 29.6 Å². The quantitative estimate of drug-likeness (QED) is 0.330. The Bertz CT molecular complexity index is 1810. The SMILES string of the molecule is C=Cc1cc2c(cc1S(=O)(=O)NCc1ccc(OC)cc1)N(c1cc(OC)cc3c1cc(C)c(=O)n3C)CCN2C. The van der Waals surface area contributed by atoms with Gasteiger partial charge in [0, 0.05) is 56.8 Å². The van der Waals surface area contributed by atoms with Crippen molar-refractivity contribution in [3.05, 3.63) is 88.2 Å². The molecule has 5 rings (SSSR count). The number of likely N-dealkylation sites (N-methyl/N-ethyl adjacent to an activating group) is 1. The van der Waals surface area contributed by atoms with Crippen LogP contribution in [-0.4, -0.2) is 47.3 Å². The number of nitrogens with zero attached hydrogens (tertiary/aromatic N) is 3. The standard InChI is InChI=1S/C31H34N4O5S/c1-7-22-15-28-29(18-30(22)41(37,38)32-19-21-8-10-23(39-5)11-9-21)35(13-12-33(28)3)27-17-24(40-6)16-26-25(27)14-20(2)31(36)34(26)4/h7-11,14-18,32H,1,12-13,19H2,2-6H3. The maximum absolute atomic E-state index is 13.7. The first-order valence-corrected chi connectivity index (χ1v) is 14.7. The maximum atomic E-state index is 13.7. The minimum absolute atomic E-state index is 0.0811. The molecule has 0 spiro atoms. The second-order valence-corrected chi connectivity index (χ2v) is 11.8. The lowest BCUT2D eigenvalue weighted by Crippen LogP contribution is -2.37. The number of aromatic nitrogens is 1. The van der Waals surface area contributed by atoms with Crippen molar-refractivity contribution in [2.24, 2.45) is 7.05 Å². The lowest BCUT2D eigenvalue weighted by Gasteiger charge is -2.38. The summed E-state index contributed by atoms with van der Waals surface area (Å²) in [5.74, 6) is 1.30. The van der Waals surface area contributed by atoms with Crippen LogP contribution in [0.4, 0.5) is 17.1 Å². The fraction of sp³-hybridized carbons (Fsp3) is 0.258. The molecule has 9 nitrogen and oxygen atoms in total. The van der Waals surface area contributed by atoms with Crippen molar-refractivity contribution in [1.82, 2.24) is 9.29 Å². The highest BCUT2D eigenvalue weighted by Crippen LogP contribution is 2.43. The molecule has 0 atom stereocenters. The topological polar surface area (TPSA) is 93.1 Å². The first-order valence-electron chi connectivity index (χ1n) is 13.2. The first kappa shape index (κ1) is 28.3. The van der Waals surface area contributed by atoms with E-state index in [0.717, 1.165) is 33.5 Å². The fourth-order valence-corrected chi connectivity index (χ4v) is 6.48. The molecule has 10 heteroatoms. The molecule has 1 N–H and O–H groups in total. The number of ether oxygens (including phenoxy) is 2. The zero-order valence-electron chi connectivity index (χ0n) is 23.9. The number of aryl methyl sites for hydroxylation is 2. The Hall–Kier alpha value is -4.28. The third-order valence-electron chi connectivity index (χ3n) is 7.60. The number of fused-ring (bicyclic) bond motifs is 2. The fourth-order valence-electron chi connectivity index (χ4n) is 5.25. The molecule has 3 aromatic carbocycles. The minimum atomic E-state index is -3.92. The van der Waals surface area contributed by atoms with E-state index in [9.17, 15) is 13.2 Å². The smallest absolute Gasteiger partial charge is 0.253 e. The van der Waals surface area contributed by atoms with Gasteiger partial charge in [-0.25, -0.2) is 13.1 Å². The van der Waals surface area contributed by atoms with Crippen LogP contribution in [0.15, 0.2) is 70.9 Å². The largest absolute Gasteiger partial charge is 0.497 e. The van der Waals surface area contributed by atoms with Crippen LogP contribution in [0, 0.1) is 6.92 Å². The molecule has 0 saturated carbocycles. The number of hydrogen-bond donors (Lipinski definition) is 1. The molecule has 4 aromatic rings. The van der Waals surface area contributed by atoms with Crippen molar-refractivity contribution >= 4 is 44.1 Å². The third-order valence-corrected chi connectivity index (χ3v) is 9.06. The number of sulfonamides is 1. The zero-order chi connectivity index (χ0) is 29.5. The van der Waals surface area contributed by atoms with E-state index < -0.39 is 10.0 Å². The summed E-state index contributed by atoms with van der Waals surface area (Å²) in [4.78, 5) is 17.1. The summed E-state index contributed by atoms with van der Waals surface area (Å²) in [5, 5.41) is 0.871. The van der Waals surface area contributed by atoms with Crippen LogP contribution in [0.1, 0.15) is 16.7 Å². The molecule has 0 bridgehead atoms. The lowest BCUT2D eigenvalue weighted by atomic mass is 10.0. The van der Waals surface area contributed by atoms with Gasteiger partial charge in [0.25, 0.3) is 5.56 Å². The highest BCUT2D eigenvalue weighted by molar-refractivity contribution is 7.89. The molecule has 2 heterocycles. The molecule has 1 aliphatic heterocycles. The van der Waals surface area contributed by atoms with Crippen molar-refractivity contribution in [1.29, 1.82) is 0 Å². The van der Waals surface area contributed by atoms with Gasteiger partial charge in [-0.2, -0.15) is 0 Å². The van der Waals surface area contributed by atoms with Gasteiger partial charge < -0.3 is 23.8 Å². The van der Waals surface area contributed by atoms with Crippen molar-refractivity contribution in [2.75, 3.05) is 44.2 Å². The second-order valence-electron chi connectivity index (χ2n) is 10.1. The van der Waals surface area contributed by atoms with Gasteiger partial charge in [-0.15, -0.1) is 0 Å². The lowest BCUT2D eigenvalue weighted by molar-refractivity contribution is 0.414. The summed E-state index contributed by atoms with van der Waals surface area (Å²) in [6.45, 7) is 7.12. The van der Waals surface area contributed by atoms with E-state index in [0.29, 0.717) is 35.7 Å². The summed E-state index contributed by atoms with van der Waals surface area (Å²) in [6, 6.07) is 16.5. The van der Waals surface area contributed by atoms with Crippen LogP contribution >= 0.6 is 0 Å². The number of anilines is 3. The Balaban J connectivity index is 1.64. The Morgan fingerprint density at radius 3 is 2.29 bits per heavy atom. The molecule has 1 aliphatic rings. The van der Waals surface area contributed by atoms with E-state index in [-0.39, 0.29) is 17.0 Å². The molecule has 41 heavy (non-hydrogen) atoms. The molecular formula is C31H34N4O5S. The molecule has 1 aromatic heterocycles. The molecule has 0 saturated heterocycles. The van der Waals surface area contributed by atoms with Crippen LogP contribution in [0.3, 0.4) is 0 Å². The van der Waals surface area contributed by atoms with Gasteiger partial charge in [0.15, 0.2) is 0 Å². The van der Waals surface area contributed by atoms with Gasteiger partial charge in [-0.3, -0.25) is 4.79 Å². The first-order chi connectivity index (χ1) is 19.6. The summed E-state index contributed by atoms with van der Waals surface area (Å²) >= 11 is 0. The van der Waals surface area contributed by atoms with Crippen LogP contribution in [0.2, 0.25) is 0 Å². The van der Waals surface area contributed by atoms with E-state index in [1.807, 2.05) is 43.4 Å². The normalized spacial score (nSPS) is 13.3. The number of nitrogens with one attached hydrogen (secondary N) is 1. The average Bonchev–Trinajstić information content (AvgIpc) is 2.98. The van der Waals surface area contributed by atoms with Gasteiger partial charge in [0.05, 0.1) is 41.7 Å². The van der Waals surface area contributed by atoms with E-state index >= 15 is 0 Å². The van der Waals surface area contributed by atoms with Gasteiger partial charge in [-0.05, 0) is 48.4 Å². The maximum Gasteiger partial charge on any atom is 0.253 e. The second kappa shape index (κ2) is 10.9.